The van der Waals surface area contributed by atoms with Gasteiger partial charge in [0, 0.05) is 11.8 Å². The van der Waals surface area contributed by atoms with Gasteiger partial charge in [-0.15, -0.1) is 0 Å². The second-order valence-corrected chi connectivity index (χ2v) is 7.34. The SMILES string of the molecule is O=C(Nc1ccc(F)cc1)c1ccccc1NS(=O)(=O)c1ccc(F)cc1F. The molecule has 5 nitrogen and oxygen atoms in total. The summed E-state index contributed by atoms with van der Waals surface area (Å²) < 4.78 is 66.9. The Morgan fingerprint density at radius 3 is 2.14 bits per heavy atom. The number of carbonyl (C=O) groups is 1. The van der Waals surface area contributed by atoms with Crippen LogP contribution in [0.5, 0.6) is 0 Å². The number of amides is 1. The van der Waals surface area contributed by atoms with E-state index in [0.717, 1.165) is 24.3 Å². The number of rotatable bonds is 5. The molecule has 144 valence electrons. The van der Waals surface area contributed by atoms with Crippen molar-refractivity contribution in [2.45, 2.75) is 4.90 Å². The van der Waals surface area contributed by atoms with Gasteiger partial charge in [-0.1, -0.05) is 12.1 Å². The van der Waals surface area contributed by atoms with Crippen LogP contribution in [0.15, 0.2) is 71.6 Å². The number of anilines is 2. The minimum absolute atomic E-state index is 0.0436. The first-order valence-corrected chi connectivity index (χ1v) is 9.38. The topological polar surface area (TPSA) is 75.3 Å². The molecule has 2 N–H and O–H groups in total. The number of halogens is 3. The highest BCUT2D eigenvalue weighted by Gasteiger charge is 2.22. The van der Waals surface area contributed by atoms with Crippen LogP contribution in [-0.4, -0.2) is 14.3 Å². The van der Waals surface area contributed by atoms with E-state index in [0.29, 0.717) is 11.8 Å². The summed E-state index contributed by atoms with van der Waals surface area (Å²) in [5.74, 6) is -3.33. The number of sulfonamides is 1. The summed E-state index contributed by atoms with van der Waals surface area (Å²) in [6, 6.07) is 12.7. The van der Waals surface area contributed by atoms with Gasteiger partial charge in [0.2, 0.25) is 0 Å². The molecule has 9 heteroatoms. The number of nitrogens with one attached hydrogen (secondary N) is 2. The number of para-hydroxylation sites is 1. The predicted octanol–water partition coefficient (Wildman–Crippen LogP) is 4.16. The average molecular weight is 406 g/mol. The summed E-state index contributed by atoms with van der Waals surface area (Å²) in [6.45, 7) is 0. The predicted molar refractivity (Wildman–Crippen MR) is 98.0 cm³/mol. The minimum atomic E-state index is -4.42. The fraction of sp³-hybridized carbons (Fsp3) is 0. The molecule has 3 rings (SSSR count). The van der Waals surface area contributed by atoms with Gasteiger partial charge < -0.3 is 5.32 Å². The van der Waals surface area contributed by atoms with E-state index in [-0.39, 0.29) is 11.3 Å². The van der Waals surface area contributed by atoms with E-state index in [4.69, 9.17) is 0 Å². The molecule has 0 aromatic heterocycles. The average Bonchev–Trinajstić information content (AvgIpc) is 2.63. The summed E-state index contributed by atoms with van der Waals surface area (Å²) in [5.41, 5.74) is 0.150. The third-order valence-electron chi connectivity index (χ3n) is 3.70. The summed E-state index contributed by atoms with van der Waals surface area (Å²) >= 11 is 0. The first-order valence-electron chi connectivity index (χ1n) is 7.90. The van der Waals surface area contributed by atoms with Crippen LogP contribution in [0.1, 0.15) is 10.4 Å². The van der Waals surface area contributed by atoms with Crippen LogP contribution in [0.2, 0.25) is 0 Å². The van der Waals surface area contributed by atoms with E-state index in [9.17, 15) is 26.4 Å². The minimum Gasteiger partial charge on any atom is -0.322 e. The highest BCUT2D eigenvalue weighted by Crippen LogP contribution is 2.23. The number of hydrogen-bond acceptors (Lipinski definition) is 3. The van der Waals surface area contributed by atoms with Crippen molar-refractivity contribution >= 4 is 27.3 Å². The smallest absolute Gasteiger partial charge is 0.264 e. The lowest BCUT2D eigenvalue weighted by Gasteiger charge is -2.13. The van der Waals surface area contributed by atoms with Crippen LogP contribution < -0.4 is 10.0 Å². The molecule has 3 aromatic carbocycles. The Balaban J connectivity index is 1.89. The number of benzene rings is 3. The molecule has 0 radical (unpaired) electrons. The fourth-order valence-corrected chi connectivity index (χ4v) is 3.53. The van der Waals surface area contributed by atoms with Gasteiger partial charge in [0.15, 0.2) is 0 Å². The van der Waals surface area contributed by atoms with Crippen LogP contribution in [0.3, 0.4) is 0 Å². The summed E-state index contributed by atoms with van der Waals surface area (Å²) in [4.78, 5) is 11.7. The Kier molecular flexibility index (Phi) is 5.36. The van der Waals surface area contributed by atoms with Gasteiger partial charge in [0.25, 0.3) is 15.9 Å². The van der Waals surface area contributed by atoms with Crippen molar-refractivity contribution in [3.63, 3.8) is 0 Å². The Bertz CT molecular complexity index is 1130. The molecule has 0 aliphatic heterocycles. The third kappa shape index (κ3) is 4.32. The lowest BCUT2D eigenvalue weighted by molar-refractivity contribution is 0.102. The molecule has 0 saturated carbocycles. The maximum Gasteiger partial charge on any atom is 0.264 e. The summed E-state index contributed by atoms with van der Waals surface area (Å²) in [5, 5.41) is 2.51. The second kappa shape index (κ2) is 7.73. The van der Waals surface area contributed by atoms with E-state index in [1.165, 1.54) is 36.4 Å². The largest absolute Gasteiger partial charge is 0.322 e. The molecule has 0 spiro atoms. The van der Waals surface area contributed by atoms with Gasteiger partial charge in [0.1, 0.15) is 22.3 Å². The van der Waals surface area contributed by atoms with Crippen LogP contribution in [0.25, 0.3) is 0 Å². The molecular formula is C19H13F3N2O3S. The van der Waals surface area contributed by atoms with Crippen molar-refractivity contribution in [3.8, 4) is 0 Å². The Hall–Kier alpha value is -3.33. The van der Waals surface area contributed by atoms with Gasteiger partial charge >= 0.3 is 0 Å². The first kappa shape index (κ1) is 19.4. The fourth-order valence-electron chi connectivity index (χ4n) is 2.39. The third-order valence-corrected chi connectivity index (χ3v) is 5.10. The monoisotopic (exact) mass is 406 g/mol. The zero-order chi connectivity index (χ0) is 20.3. The molecule has 0 unspecified atom stereocenters. The molecule has 3 aromatic rings. The van der Waals surface area contributed by atoms with Crippen molar-refractivity contribution in [3.05, 3.63) is 89.7 Å². The summed E-state index contributed by atoms with van der Waals surface area (Å²) in [7, 11) is -4.42. The maximum absolute atomic E-state index is 13.9. The van der Waals surface area contributed by atoms with Gasteiger partial charge in [-0.05, 0) is 48.5 Å². The summed E-state index contributed by atoms with van der Waals surface area (Å²) in [6.07, 6.45) is 0. The zero-order valence-electron chi connectivity index (χ0n) is 14.1. The number of hydrogen-bond donors (Lipinski definition) is 2. The molecule has 0 bridgehead atoms. The maximum atomic E-state index is 13.9. The second-order valence-electron chi connectivity index (χ2n) is 5.69. The standard InChI is InChI=1S/C19H13F3N2O3S/c20-12-5-8-14(9-6-12)23-19(25)15-3-1-2-4-17(15)24-28(26,27)18-10-7-13(21)11-16(18)22/h1-11,24H,(H,23,25). The molecule has 1 amide bonds. The molecule has 0 atom stereocenters. The Morgan fingerprint density at radius 1 is 0.821 bits per heavy atom. The van der Waals surface area contributed by atoms with E-state index in [1.54, 1.807) is 0 Å². The van der Waals surface area contributed by atoms with Crippen molar-refractivity contribution in [1.82, 2.24) is 0 Å². The van der Waals surface area contributed by atoms with Gasteiger partial charge in [0.05, 0.1) is 11.3 Å². The quantitative estimate of drug-likeness (QED) is 0.668. The van der Waals surface area contributed by atoms with E-state index in [2.05, 4.69) is 10.0 Å². The van der Waals surface area contributed by atoms with Crippen LogP contribution in [-0.2, 0) is 10.0 Å². The van der Waals surface area contributed by atoms with Crippen molar-refractivity contribution < 1.29 is 26.4 Å². The molecule has 0 aliphatic carbocycles. The zero-order valence-corrected chi connectivity index (χ0v) is 14.9. The van der Waals surface area contributed by atoms with Gasteiger partial charge in [-0.3, -0.25) is 9.52 Å². The normalized spacial score (nSPS) is 11.1. The molecule has 0 heterocycles. The van der Waals surface area contributed by atoms with Crippen LogP contribution in [0.4, 0.5) is 24.5 Å². The molecule has 0 aliphatic rings. The highest BCUT2D eigenvalue weighted by atomic mass is 32.2. The lowest BCUT2D eigenvalue weighted by atomic mass is 10.1. The lowest BCUT2D eigenvalue weighted by Crippen LogP contribution is -2.19. The van der Waals surface area contributed by atoms with Crippen molar-refractivity contribution in [1.29, 1.82) is 0 Å². The van der Waals surface area contributed by atoms with Crippen molar-refractivity contribution in [2.75, 3.05) is 10.0 Å². The first-order chi connectivity index (χ1) is 13.3. The van der Waals surface area contributed by atoms with Crippen LogP contribution >= 0.6 is 0 Å². The Labute approximate surface area is 158 Å². The molecule has 0 saturated heterocycles. The molecule has 0 fully saturated rings. The van der Waals surface area contributed by atoms with E-state index >= 15 is 0 Å². The van der Waals surface area contributed by atoms with Crippen LogP contribution in [0, 0.1) is 17.5 Å². The number of carbonyl (C=O) groups excluding carboxylic acids is 1. The van der Waals surface area contributed by atoms with E-state index in [1.807, 2.05) is 0 Å². The van der Waals surface area contributed by atoms with Gasteiger partial charge in [-0.25, -0.2) is 21.6 Å². The van der Waals surface area contributed by atoms with Crippen molar-refractivity contribution in [2.24, 2.45) is 0 Å². The van der Waals surface area contributed by atoms with E-state index < -0.39 is 38.3 Å². The molecule has 28 heavy (non-hydrogen) atoms. The molecular weight excluding hydrogens is 393 g/mol. The van der Waals surface area contributed by atoms with Gasteiger partial charge in [-0.2, -0.15) is 0 Å². The highest BCUT2D eigenvalue weighted by molar-refractivity contribution is 7.92. The Morgan fingerprint density at radius 2 is 1.46 bits per heavy atom.